The van der Waals surface area contributed by atoms with Crippen molar-refractivity contribution < 1.29 is 17.9 Å². The average Bonchev–Trinajstić information content (AvgIpc) is 2.54. The van der Waals surface area contributed by atoms with Crippen molar-refractivity contribution in [1.82, 2.24) is 9.62 Å². The van der Waals surface area contributed by atoms with Crippen molar-refractivity contribution in [3.63, 3.8) is 0 Å². The van der Waals surface area contributed by atoms with Crippen molar-refractivity contribution in [3.05, 3.63) is 34.9 Å². The summed E-state index contributed by atoms with van der Waals surface area (Å²) in [7, 11) is -3.44. The molecule has 2 atom stereocenters. The van der Waals surface area contributed by atoms with Gasteiger partial charge < -0.3 is 10.1 Å². The summed E-state index contributed by atoms with van der Waals surface area (Å²) in [6, 6.07) is 7.07. The van der Waals surface area contributed by atoms with Crippen molar-refractivity contribution in [2.45, 2.75) is 45.3 Å². The number of hydrogen-bond donors (Lipinski definition) is 1. The highest BCUT2D eigenvalue weighted by molar-refractivity contribution is 7.89. The molecule has 1 aliphatic rings. The zero-order chi connectivity index (χ0) is 19.5. The number of nitrogens with one attached hydrogen (secondary N) is 1. The van der Waals surface area contributed by atoms with Gasteiger partial charge in [-0.15, -0.1) is 0 Å². The van der Waals surface area contributed by atoms with Gasteiger partial charge in [-0.25, -0.2) is 8.42 Å². The van der Waals surface area contributed by atoms with Gasteiger partial charge in [-0.2, -0.15) is 4.31 Å². The molecule has 6 nitrogen and oxygen atoms in total. The molecule has 0 saturated carbocycles. The van der Waals surface area contributed by atoms with Crippen LogP contribution in [0.15, 0.2) is 24.3 Å². The number of hydrogen-bond acceptors (Lipinski definition) is 4. The Morgan fingerprint density at radius 3 is 2.31 bits per heavy atom. The molecule has 2 unspecified atom stereocenters. The summed E-state index contributed by atoms with van der Waals surface area (Å²) in [6.45, 7) is 8.06. The van der Waals surface area contributed by atoms with Gasteiger partial charge in [-0.05, 0) is 45.4 Å². The van der Waals surface area contributed by atoms with E-state index in [1.165, 1.54) is 4.31 Å². The lowest BCUT2D eigenvalue weighted by Gasteiger charge is -2.34. The molecule has 8 heteroatoms. The molecular formula is C18H27ClN2O4S. The maximum Gasteiger partial charge on any atom is 0.230 e. The van der Waals surface area contributed by atoms with Crippen LogP contribution in [-0.4, -0.2) is 56.2 Å². The van der Waals surface area contributed by atoms with Crippen LogP contribution < -0.4 is 5.32 Å². The Morgan fingerprint density at radius 1 is 1.23 bits per heavy atom. The number of carbonyl (C=O) groups is 1. The molecule has 1 amide bonds. The first-order valence-corrected chi connectivity index (χ1v) is 10.7. The quantitative estimate of drug-likeness (QED) is 0.791. The van der Waals surface area contributed by atoms with Crippen LogP contribution >= 0.6 is 11.6 Å². The molecule has 0 aromatic heterocycles. The maximum atomic E-state index is 12.5. The molecule has 1 aromatic rings. The smallest absolute Gasteiger partial charge is 0.230 e. The van der Waals surface area contributed by atoms with Gasteiger partial charge in [0, 0.05) is 24.7 Å². The number of ether oxygens (including phenoxy) is 1. The van der Waals surface area contributed by atoms with Gasteiger partial charge in [-0.1, -0.05) is 23.7 Å². The fourth-order valence-electron chi connectivity index (χ4n) is 3.00. The van der Waals surface area contributed by atoms with Crippen LogP contribution in [0.25, 0.3) is 0 Å². The monoisotopic (exact) mass is 402 g/mol. The Kier molecular flexibility index (Phi) is 6.71. The molecule has 1 saturated heterocycles. The largest absolute Gasteiger partial charge is 0.373 e. The number of rotatable bonds is 6. The molecule has 1 aromatic carbocycles. The lowest BCUT2D eigenvalue weighted by Crippen LogP contribution is -2.50. The standard InChI is InChI=1S/C18H27ClN2O4S/c1-13-11-21(12-14(2)25-13)26(23,24)10-9-20-17(22)18(3,4)15-5-7-16(19)8-6-15/h5-8,13-14H,9-12H2,1-4H3,(H,20,22). The van der Waals surface area contributed by atoms with E-state index >= 15 is 0 Å². The molecule has 1 heterocycles. The van der Waals surface area contributed by atoms with E-state index in [0.29, 0.717) is 18.1 Å². The van der Waals surface area contributed by atoms with Crippen LogP contribution in [-0.2, 0) is 25.0 Å². The van der Waals surface area contributed by atoms with Crippen LogP contribution in [0.1, 0.15) is 33.3 Å². The highest BCUT2D eigenvalue weighted by Crippen LogP contribution is 2.25. The van der Waals surface area contributed by atoms with E-state index in [9.17, 15) is 13.2 Å². The van der Waals surface area contributed by atoms with Crippen molar-refractivity contribution in [1.29, 1.82) is 0 Å². The Balaban J connectivity index is 1.93. The molecule has 0 radical (unpaired) electrons. The topological polar surface area (TPSA) is 75.7 Å². The fourth-order valence-corrected chi connectivity index (χ4v) is 4.62. The first-order valence-electron chi connectivity index (χ1n) is 8.70. The van der Waals surface area contributed by atoms with E-state index < -0.39 is 15.4 Å². The van der Waals surface area contributed by atoms with E-state index in [2.05, 4.69) is 5.32 Å². The molecule has 1 fully saturated rings. The summed E-state index contributed by atoms with van der Waals surface area (Å²) >= 11 is 5.89. The number of morpholine rings is 1. The Morgan fingerprint density at radius 2 is 1.77 bits per heavy atom. The SMILES string of the molecule is CC1CN(S(=O)(=O)CCNC(=O)C(C)(C)c2ccc(Cl)cc2)CC(C)O1. The number of sulfonamides is 1. The first-order chi connectivity index (χ1) is 12.0. The van der Waals surface area contributed by atoms with Gasteiger partial charge in [0.1, 0.15) is 0 Å². The van der Waals surface area contributed by atoms with Crippen molar-refractivity contribution >= 4 is 27.5 Å². The Bertz CT molecular complexity index is 724. The average molecular weight is 403 g/mol. The van der Waals surface area contributed by atoms with Gasteiger partial charge in [0.05, 0.1) is 23.4 Å². The van der Waals surface area contributed by atoms with E-state index in [1.807, 2.05) is 13.8 Å². The van der Waals surface area contributed by atoms with E-state index in [4.69, 9.17) is 16.3 Å². The number of halogens is 1. The van der Waals surface area contributed by atoms with Crippen molar-refractivity contribution in [2.24, 2.45) is 0 Å². The molecule has 1 aliphatic heterocycles. The second kappa shape index (κ2) is 8.25. The van der Waals surface area contributed by atoms with Gasteiger partial charge in [0.15, 0.2) is 0 Å². The van der Waals surface area contributed by atoms with Gasteiger partial charge in [0.2, 0.25) is 15.9 Å². The van der Waals surface area contributed by atoms with E-state index in [0.717, 1.165) is 5.56 Å². The Hall–Kier alpha value is -1.15. The van der Waals surface area contributed by atoms with E-state index in [-0.39, 0.29) is 30.4 Å². The third kappa shape index (κ3) is 5.19. The van der Waals surface area contributed by atoms with Crippen LogP contribution in [0.5, 0.6) is 0 Å². The second-order valence-corrected chi connectivity index (χ2v) is 9.80. The van der Waals surface area contributed by atoms with Crippen LogP contribution in [0, 0.1) is 0 Å². The lowest BCUT2D eigenvalue weighted by atomic mass is 9.84. The summed E-state index contributed by atoms with van der Waals surface area (Å²) in [4.78, 5) is 12.5. The lowest BCUT2D eigenvalue weighted by molar-refractivity contribution is -0.125. The van der Waals surface area contributed by atoms with Crippen molar-refractivity contribution in [2.75, 3.05) is 25.4 Å². The fraction of sp³-hybridized carbons (Fsp3) is 0.611. The molecule has 0 spiro atoms. The minimum Gasteiger partial charge on any atom is -0.373 e. The summed E-state index contributed by atoms with van der Waals surface area (Å²) in [5.74, 6) is -0.353. The predicted molar refractivity (Wildman–Crippen MR) is 103 cm³/mol. The Labute approximate surface area is 160 Å². The molecule has 0 bridgehead atoms. The van der Waals surface area contributed by atoms with Crippen LogP contribution in [0.4, 0.5) is 0 Å². The number of nitrogens with zero attached hydrogens (tertiary/aromatic N) is 1. The van der Waals surface area contributed by atoms with Crippen LogP contribution in [0.3, 0.4) is 0 Å². The zero-order valence-electron chi connectivity index (χ0n) is 15.7. The van der Waals surface area contributed by atoms with Gasteiger partial charge in [-0.3, -0.25) is 4.79 Å². The third-order valence-electron chi connectivity index (χ3n) is 4.56. The number of carbonyl (C=O) groups excluding carboxylic acids is 1. The minimum absolute atomic E-state index is 0.0678. The normalized spacial score (nSPS) is 22.2. The summed E-state index contributed by atoms with van der Waals surface area (Å²) in [6.07, 6.45) is -0.265. The molecule has 146 valence electrons. The van der Waals surface area contributed by atoms with Gasteiger partial charge >= 0.3 is 0 Å². The second-order valence-electron chi connectivity index (χ2n) is 7.28. The summed E-state index contributed by atoms with van der Waals surface area (Å²) in [5.41, 5.74) is 0.0363. The molecule has 1 N–H and O–H groups in total. The number of benzene rings is 1. The number of amides is 1. The minimum atomic E-state index is -3.44. The van der Waals surface area contributed by atoms with Gasteiger partial charge in [0.25, 0.3) is 0 Å². The van der Waals surface area contributed by atoms with E-state index in [1.54, 1.807) is 38.1 Å². The highest BCUT2D eigenvalue weighted by Gasteiger charge is 2.32. The zero-order valence-corrected chi connectivity index (χ0v) is 17.2. The molecular weight excluding hydrogens is 376 g/mol. The molecule has 26 heavy (non-hydrogen) atoms. The molecule has 2 rings (SSSR count). The highest BCUT2D eigenvalue weighted by atomic mass is 35.5. The third-order valence-corrected chi connectivity index (χ3v) is 6.62. The molecule has 0 aliphatic carbocycles. The van der Waals surface area contributed by atoms with Crippen molar-refractivity contribution in [3.8, 4) is 0 Å². The maximum absolute atomic E-state index is 12.5. The summed E-state index contributed by atoms with van der Waals surface area (Å²) in [5, 5.41) is 3.35. The first kappa shape index (κ1) is 21.2. The predicted octanol–water partition coefficient (Wildman–Crippen LogP) is 2.17. The summed E-state index contributed by atoms with van der Waals surface area (Å²) < 4.78 is 32.1. The van der Waals surface area contributed by atoms with Crippen LogP contribution in [0.2, 0.25) is 5.02 Å².